The molecule has 144 valence electrons. The van der Waals surface area contributed by atoms with Crippen molar-refractivity contribution in [3.05, 3.63) is 35.6 Å². The van der Waals surface area contributed by atoms with Gasteiger partial charge in [-0.25, -0.2) is 9.18 Å². The van der Waals surface area contributed by atoms with Crippen LogP contribution in [-0.4, -0.2) is 58.1 Å². The van der Waals surface area contributed by atoms with E-state index in [0.29, 0.717) is 12.1 Å². The molecule has 2 rings (SSSR count). The summed E-state index contributed by atoms with van der Waals surface area (Å²) in [5.41, 5.74) is 0.487. The van der Waals surface area contributed by atoms with Crippen molar-refractivity contribution in [2.75, 3.05) is 13.1 Å². The van der Waals surface area contributed by atoms with Gasteiger partial charge in [-0.1, -0.05) is 25.1 Å². The Labute approximate surface area is 154 Å². The first-order valence-electron chi connectivity index (χ1n) is 9.08. The number of rotatable bonds is 8. The zero-order valence-electron chi connectivity index (χ0n) is 15.6. The standard InChI is InChI=1S/C19H28FN3O3/c1-4-22(12-18(24)25)16-9-15(10-16)21-19(26)23(13(2)3)11-14-7-5-6-8-17(14)20/h5-8,13,15-16H,4,9-12H2,1-3H3,(H,21,26)(H,24,25). The number of hydrogen-bond acceptors (Lipinski definition) is 3. The number of carbonyl (C=O) groups is 2. The van der Waals surface area contributed by atoms with Crippen LogP contribution in [0.3, 0.4) is 0 Å². The van der Waals surface area contributed by atoms with Crippen LogP contribution in [0.1, 0.15) is 39.2 Å². The normalized spacial score (nSPS) is 19.3. The third-order valence-corrected chi connectivity index (χ3v) is 4.88. The maximum atomic E-state index is 13.9. The van der Waals surface area contributed by atoms with E-state index in [1.54, 1.807) is 23.1 Å². The zero-order chi connectivity index (χ0) is 19.3. The molecule has 0 spiro atoms. The van der Waals surface area contributed by atoms with Crippen LogP contribution in [0.4, 0.5) is 9.18 Å². The lowest BCUT2D eigenvalue weighted by molar-refractivity contribution is -0.139. The predicted molar refractivity (Wildman–Crippen MR) is 97.3 cm³/mol. The van der Waals surface area contributed by atoms with Gasteiger partial charge >= 0.3 is 12.0 Å². The molecule has 26 heavy (non-hydrogen) atoms. The molecule has 0 radical (unpaired) electrons. The van der Waals surface area contributed by atoms with E-state index in [1.165, 1.54) is 6.07 Å². The highest BCUT2D eigenvalue weighted by Gasteiger charge is 2.35. The van der Waals surface area contributed by atoms with E-state index in [-0.39, 0.29) is 43.1 Å². The van der Waals surface area contributed by atoms with Crippen molar-refractivity contribution in [2.45, 2.75) is 58.3 Å². The van der Waals surface area contributed by atoms with E-state index in [0.717, 1.165) is 12.8 Å². The molecule has 0 heterocycles. The molecule has 0 aliphatic heterocycles. The fraction of sp³-hybridized carbons (Fsp3) is 0.579. The van der Waals surface area contributed by atoms with Crippen molar-refractivity contribution in [1.82, 2.24) is 15.1 Å². The molecule has 0 saturated heterocycles. The third kappa shape index (κ3) is 5.17. The fourth-order valence-corrected chi connectivity index (χ4v) is 3.23. The van der Waals surface area contributed by atoms with Crippen molar-refractivity contribution in [3.63, 3.8) is 0 Å². The molecule has 1 aliphatic rings. The van der Waals surface area contributed by atoms with E-state index < -0.39 is 5.97 Å². The Balaban J connectivity index is 1.89. The Kier molecular flexibility index (Phi) is 6.97. The number of urea groups is 1. The lowest BCUT2D eigenvalue weighted by Crippen LogP contribution is -2.57. The third-order valence-electron chi connectivity index (χ3n) is 4.88. The number of carboxylic acids is 1. The molecule has 1 saturated carbocycles. The highest BCUT2D eigenvalue weighted by molar-refractivity contribution is 5.75. The van der Waals surface area contributed by atoms with Crippen LogP contribution in [0, 0.1) is 5.82 Å². The largest absolute Gasteiger partial charge is 0.480 e. The first-order valence-corrected chi connectivity index (χ1v) is 9.08. The number of nitrogens with zero attached hydrogens (tertiary/aromatic N) is 2. The molecule has 2 N–H and O–H groups in total. The van der Waals surface area contributed by atoms with Crippen LogP contribution < -0.4 is 5.32 Å². The summed E-state index contributed by atoms with van der Waals surface area (Å²) < 4.78 is 13.9. The molecule has 1 aromatic carbocycles. The smallest absolute Gasteiger partial charge is 0.318 e. The molecular formula is C19H28FN3O3. The lowest BCUT2D eigenvalue weighted by atomic mass is 9.85. The number of aliphatic carboxylic acids is 1. The van der Waals surface area contributed by atoms with Gasteiger partial charge in [0.05, 0.1) is 13.1 Å². The van der Waals surface area contributed by atoms with Crippen LogP contribution in [-0.2, 0) is 11.3 Å². The summed E-state index contributed by atoms with van der Waals surface area (Å²) in [6.07, 6.45) is 1.47. The number of halogens is 1. The molecular weight excluding hydrogens is 337 g/mol. The van der Waals surface area contributed by atoms with Gasteiger partial charge in [0.25, 0.3) is 0 Å². The molecule has 0 bridgehead atoms. The Morgan fingerprint density at radius 3 is 2.50 bits per heavy atom. The van der Waals surface area contributed by atoms with Gasteiger partial charge in [-0.05, 0) is 39.3 Å². The average molecular weight is 365 g/mol. The summed E-state index contributed by atoms with van der Waals surface area (Å²) in [4.78, 5) is 27.0. The first-order chi connectivity index (χ1) is 12.3. The maximum absolute atomic E-state index is 13.9. The van der Waals surface area contributed by atoms with Gasteiger partial charge in [-0.3, -0.25) is 9.69 Å². The predicted octanol–water partition coefficient (Wildman–Crippen LogP) is 2.68. The maximum Gasteiger partial charge on any atom is 0.318 e. The molecule has 0 unspecified atom stereocenters. The minimum Gasteiger partial charge on any atom is -0.480 e. The summed E-state index contributed by atoms with van der Waals surface area (Å²) >= 11 is 0. The van der Waals surface area contributed by atoms with Gasteiger partial charge < -0.3 is 15.3 Å². The number of likely N-dealkylation sites (N-methyl/N-ethyl adjacent to an activating group) is 1. The number of amides is 2. The summed E-state index contributed by atoms with van der Waals surface area (Å²) in [6, 6.07) is 6.39. The van der Waals surface area contributed by atoms with Crippen molar-refractivity contribution in [3.8, 4) is 0 Å². The first kappa shape index (κ1) is 20.2. The second-order valence-corrected chi connectivity index (χ2v) is 7.04. The van der Waals surface area contributed by atoms with E-state index in [9.17, 15) is 14.0 Å². The Hall–Kier alpha value is -2.15. The number of nitrogens with one attached hydrogen (secondary N) is 1. The van der Waals surface area contributed by atoms with E-state index in [4.69, 9.17) is 5.11 Å². The number of carboxylic acid groups (broad SMARTS) is 1. The van der Waals surface area contributed by atoms with Gasteiger partial charge in [-0.2, -0.15) is 0 Å². The fourth-order valence-electron chi connectivity index (χ4n) is 3.23. The SMILES string of the molecule is CCN(CC(=O)O)C1CC(NC(=O)N(Cc2ccccc2F)C(C)C)C1. The molecule has 1 aromatic rings. The molecule has 2 amide bonds. The second kappa shape index (κ2) is 8.98. The van der Waals surface area contributed by atoms with Crippen molar-refractivity contribution in [2.24, 2.45) is 0 Å². The van der Waals surface area contributed by atoms with Gasteiger partial charge in [-0.15, -0.1) is 0 Å². The van der Waals surface area contributed by atoms with Crippen molar-refractivity contribution in [1.29, 1.82) is 0 Å². The monoisotopic (exact) mass is 365 g/mol. The quantitative estimate of drug-likeness (QED) is 0.743. The number of benzene rings is 1. The van der Waals surface area contributed by atoms with Crippen LogP contribution in [0.5, 0.6) is 0 Å². The summed E-state index contributed by atoms with van der Waals surface area (Å²) in [7, 11) is 0. The molecule has 0 atom stereocenters. The van der Waals surface area contributed by atoms with Crippen LogP contribution in [0.25, 0.3) is 0 Å². The summed E-state index contributed by atoms with van der Waals surface area (Å²) in [6.45, 7) is 6.64. The molecule has 1 aliphatic carbocycles. The van der Waals surface area contributed by atoms with E-state index in [1.807, 2.05) is 25.7 Å². The highest BCUT2D eigenvalue weighted by atomic mass is 19.1. The second-order valence-electron chi connectivity index (χ2n) is 7.04. The van der Waals surface area contributed by atoms with Gasteiger partial charge in [0.1, 0.15) is 5.82 Å². The van der Waals surface area contributed by atoms with Crippen LogP contribution >= 0.6 is 0 Å². The van der Waals surface area contributed by atoms with E-state index in [2.05, 4.69) is 5.32 Å². The van der Waals surface area contributed by atoms with Crippen molar-refractivity contribution < 1.29 is 19.1 Å². The summed E-state index contributed by atoms with van der Waals surface area (Å²) in [5, 5.41) is 11.9. The minimum absolute atomic E-state index is 0.0211. The van der Waals surface area contributed by atoms with E-state index >= 15 is 0 Å². The molecule has 6 nitrogen and oxygen atoms in total. The van der Waals surface area contributed by atoms with Gasteiger partial charge in [0.15, 0.2) is 0 Å². The Bertz CT molecular complexity index is 632. The van der Waals surface area contributed by atoms with Crippen LogP contribution in [0.2, 0.25) is 0 Å². The topological polar surface area (TPSA) is 72.9 Å². The average Bonchev–Trinajstić information content (AvgIpc) is 2.54. The minimum atomic E-state index is -0.838. The van der Waals surface area contributed by atoms with Crippen LogP contribution in [0.15, 0.2) is 24.3 Å². The highest BCUT2D eigenvalue weighted by Crippen LogP contribution is 2.26. The number of hydrogen-bond donors (Lipinski definition) is 2. The van der Waals surface area contributed by atoms with Gasteiger partial charge in [0.2, 0.25) is 0 Å². The Morgan fingerprint density at radius 2 is 1.96 bits per heavy atom. The number of carbonyl (C=O) groups excluding carboxylic acids is 1. The lowest BCUT2D eigenvalue weighted by Gasteiger charge is -2.43. The summed E-state index contributed by atoms with van der Waals surface area (Å²) in [5.74, 6) is -1.16. The Morgan fingerprint density at radius 1 is 1.31 bits per heavy atom. The van der Waals surface area contributed by atoms with Crippen molar-refractivity contribution >= 4 is 12.0 Å². The van der Waals surface area contributed by atoms with Gasteiger partial charge in [0, 0.05) is 23.7 Å². The molecule has 0 aromatic heterocycles. The zero-order valence-corrected chi connectivity index (χ0v) is 15.6. The molecule has 7 heteroatoms. The molecule has 1 fully saturated rings.